The van der Waals surface area contributed by atoms with Crippen molar-refractivity contribution >= 4 is 75.1 Å². The highest BCUT2D eigenvalue weighted by molar-refractivity contribution is 6.10. The van der Waals surface area contributed by atoms with Gasteiger partial charge in [0.25, 0.3) is 0 Å². The molecule has 0 aliphatic rings. The first-order valence-electron chi connectivity index (χ1n) is 21.9. The van der Waals surface area contributed by atoms with Gasteiger partial charge in [-0.2, -0.15) is 10.0 Å². The fourth-order valence-corrected chi connectivity index (χ4v) is 7.99. The number of nitrogens with zero attached hydrogens (tertiary/aromatic N) is 10. The average molecular weight is 931 g/mol. The third-order valence-corrected chi connectivity index (χ3v) is 10.9. The van der Waals surface area contributed by atoms with Crippen LogP contribution in [0.5, 0.6) is 0 Å². The normalized spacial score (nSPS) is 11.1. The summed E-state index contributed by atoms with van der Waals surface area (Å²) < 4.78 is 17.9. The first kappa shape index (κ1) is 44.0. The molecule has 6 aromatic heterocycles. The van der Waals surface area contributed by atoms with Crippen LogP contribution in [-0.2, 0) is 6.54 Å². The van der Waals surface area contributed by atoms with E-state index >= 15 is 0 Å². The molecule has 6 heterocycles. The fraction of sp³-hybridized carbons (Fsp3) is 0.0588. The number of benzene rings is 4. The number of nitrogens with one attached hydrogen (secondary N) is 4. The number of anilines is 9. The Morgan fingerprint density at radius 2 is 1.04 bits per heavy atom. The van der Waals surface area contributed by atoms with Crippen molar-refractivity contribution in [2.45, 2.75) is 20.4 Å². The van der Waals surface area contributed by atoms with Gasteiger partial charge in [-0.05, 0) is 104 Å². The summed E-state index contributed by atoms with van der Waals surface area (Å²) in [6.07, 6.45) is 3.74. The number of nitrogens with two attached hydrogens (primary N) is 2. The number of hydrogen-bond donors (Lipinski definition) is 6. The Bertz CT molecular complexity index is 3520. The second-order valence-corrected chi connectivity index (χ2v) is 16.0. The lowest BCUT2D eigenvalue weighted by Crippen LogP contribution is -2.55. The summed E-state index contributed by atoms with van der Waals surface area (Å²) in [5, 5.41) is 15.2. The van der Waals surface area contributed by atoms with Crippen LogP contribution in [0.15, 0.2) is 164 Å². The van der Waals surface area contributed by atoms with Gasteiger partial charge in [-0.25, -0.2) is 43.9 Å². The molecule has 70 heavy (non-hydrogen) atoms. The summed E-state index contributed by atoms with van der Waals surface area (Å²) >= 11 is 0. The molecule has 19 heteroatoms. The highest BCUT2D eigenvalue weighted by atomic mass is 19.1. The molecule has 18 nitrogen and oxygen atoms in total. The van der Waals surface area contributed by atoms with Gasteiger partial charge < -0.3 is 32.7 Å². The summed E-state index contributed by atoms with van der Waals surface area (Å²) in [5.41, 5.74) is 18.6. The van der Waals surface area contributed by atoms with Crippen LogP contribution in [0.3, 0.4) is 0 Å². The molecule has 4 amide bonds. The smallest absolute Gasteiger partial charge is 0.345 e. The number of halogens is 1. The van der Waals surface area contributed by atoms with E-state index in [-0.39, 0.29) is 23.6 Å². The van der Waals surface area contributed by atoms with Crippen LogP contribution < -0.4 is 42.8 Å². The van der Waals surface area contributed by atoms with Crippen molar-refractivity contribution in [3.8, 4) is 22.8 Å². The standard InChI is InChI=1S/C51H43FN16O2/c1-31-56-40(28-42(53)58-31)46-48(63-44-18-6-8-24-65(44)46)60-36-14-10-16-38(26-36)67(50(69)55-30-33-12-4-3-5-13-33)68(51(70)62-35-22-20-34(52)21-23-35)39-17-11-15-37(27-39)61-49-47(41-29-43(54)59-32(2)57-41)66-25-9-7-19-45(66)64-49/h3-29,60-61H,30H2,1-2H3,(H,55,69)(H,62,70)(H2,53,56,58)(H2,54,57,59). The first-order chi connectivity index (χ1) is 34.0. The van der Waals surface area contributed by atoms with Crippen molar-refractivity contribution in [3.63, 3.8) is 0 Å². The van der Waals surface area contributed by atoms with E-state index in [4.69, 9.17) is 21.4 Å². The van der Waals surface area contributed by atoms with Crippen molar-refractivity contribution in [2.24, 2.45) is 0 Å². The molecule has 0 spiro atoms. The highest BCUT2D eigenvalue weighted by Gasteiger charge is 2.31. The van der Waals surface area contributed by atoms with Crippen LogP contribution in [0.4, 0.5) is 65.7 Å². The van der Waals surface area contributed by atoms with Crippen molar-refractivity contribution in [3.05, 3.63) is 187 Å². The van der Waals surface area contributed by atoms with E-state index < -0.39 is 17.9 Å². The molecule has 0 radical (unpaired) electrons. The van der Waals surface area contributed by atoms with Crippen LogP contribution in [0.2, 0.25) is 0 Å². The molecule has 10 aromatic rings. The highest BCUT2D eigenvalue weighted by Crippen LogP contribution is 2.36. The van der Waals surface area contributed by atoms with Gasteiger partial charge in [-0.15, -0.1) is 0 Å². The second kappa shape index (κ2) is 18.8. The van der Waals surface area contributed by atoms with Crippen LogP contribution in [-0.4, -0.2) is 50.8 Å². The number of nitrogen functional groups attached to an aromatic ring is 2. The Morgan fingerprint density at radius 1 is 0.543 bits per heavy atom. The Balaban J connectivity index is 1.08. The van der Waals surface area contributed by atoms with E-state index in [0.717, 1.165) is 5.56 Å². The molecule has 0 atom stereocenters. The van der Waals surface area contributed by atoms with Gasteiger partial charge in [-0.1, -0.05) is 54.6 Å². The molecular formula is C51H43FN16O2. The zero-order valence-electron chi connectivity index (χ0n) is 37.6. The van der Waals surface area contributed by atoms with E-state index in [1.807, 2.05) is 94.0 Å². The Kier molecular flexibility index (Phi) is 11.8. The molecule has 8 N–H and O–H groups in total. The maximum absolute atomic E-state index is 15.0. The largest absolute Gasteiger partial charge is 0.384 e. The molecule has 0 aliphatic heterocycles. The van der Waals surface area contributed by atoms with Gasteiger partial charge in [0.15, 0.2) is 11.6 Å². The predicted molar refractivity (Wildman–Crippen MR) is 269 cm³/mol. The van der Waals surface area contributed by atoms with E-state index in [0.29, 0.717) is 80.4 Å². The minimum absolute atomic E-state index is 0.124. The van der Waals surface area contributed by atoms with E-state index in [1.165, 1.54) is 34.3 Å². The van der Waals surface area contributed by atoms with E-state index in [2.05, 4.69) is 41.2 Å². The number of rotatable bonds is 11. The molecule has 0 fully saturated rings. The lowest BCUT2D eigenvalue weighted by molar-refractivity contribution is 0.241. The number of imidazole rings is 2. The number of hydrogen-bond acceptors (Lipinski definition) is 12. The fourth-order valence-electron chi connectivity index (χ4n) is 7.99. The quantitative estimate of drug-likeness (QED) is 0.0667. The van der Waals surface area contributed by atoms with Crippen LogP contribution in [0.1, 0.15) is 17.2 Å². The average Bonchev–Trinajstić information content (AvgIpc) is 3.90. The molecule has 0 bridgehead atoms. The third-order valence-electron chi connectivity index (χ3n) is 10.9. The van der Waals surface area contributed by atoms with Crippen molar-refractivity contribution in [1.82, 2.24) is 44.0 Å². The number of amides is 4. The van der Waals surface area contributed by atoms with Crippen LogP contribution in [0, 0.1) is 19.7 Å². The Morgan fingerprint density at radius 3 is 1.56 bits per heavy atom. The van der Waals surface area contributed by atoms with E-state index in [9.17, 15) is 14.0 Å². The predicted octanol–water partition coefficient (Wildman–Crippen LogP) is 9.67. The van der Waals surface area contributed by atoms with Gasteiger partial charge in [0, 0.05) is 48.1 Å². The zero-order chi connectivity index (χ0) is 48.3. The second-order valence-electron chi connectivity index (χ2n) is 16.0. The lowest BCUT2D eigenvalue weighted by atomic mass is 10.2. The number of aromatic nitrogens is 8. The van der Waals surface area contributed by atoms with Crippen molar-refractivity contribution < 1.29 is 14.0 Å². The summed E-state index contributed by atoms with van der Waals surface area (Å²) in [7, 11) is 0. The van der Waals surface area contributed by atoms with Gasteiger partial charge in [0.2, 0.25) is 0 Å². The molecule has 0 saturated carbocycles. The third kappa shape index (κ3) is 9.25. The lowest BCUT2D eigenvalue weighted by Gasteiger charge is -2.35. The Hall–Kier alpha value is -9.91. The summed E-state index contributed by atoms with van der Waals surface area (Å²) in [5.74, 6) is 1.93. The van der Waals surface area contributed by atoms with Gasteiger partial charge in [-0.3, -0.25) is 8.80 Å². The van der Waals surface area contributed by atoms with Crippen LogP contribution in [0.25, 0.3) is 34.1 Å². The molecule has 0 unspecified atom stereocenters. The number of carbonyl (C=O) groups is 2. The minimum Gasteiger partial charge on any atom is -0.384 e. The maximum atomic E-state index is 15.0. The number of pyridine rings is 2. The van der Waals surface area contributed by atoms with Gasteiger partial charge in [0.05, 0.1) is 22.8 Å². The molecule has 10 rings (SSSR count). The molecule has 0 aliphatic carbocycles. The van der Waals surface area contributed by atoms with Crippen molar-refractivity contribution in [1.29, 1.82) is 0 Å². The van der Waals surface area contributed by atoms with Crippen molar-refractivity contribution in [2.75, 3.05) is 37.4 Å². The molecule has 346 valence electrons. The topological polar surface area (TPSA) is 227 Å². The molecule has 4 aromatic carbocycles. The summed E-state index contributed by atoms with van der Waals surface area (Å²) in [6.45, 7) is 3.64. The molecular weight excluding hydrogens is 888 g/mol. The first-order valence-corrected chi connectivity index (χ1v) is 21.9. The summed E-state index contributed by atoms with van der Waals surface area (Å²) in [4.78, 5) is 57.7. The van der Waals surface area contributed by atoms with Gasteiger partial charge in [0.1, 0.15) is 51.8 Å². The minimum atomic E-state index is -0.753. The SMILES string of the molecule is Cc1nc(N)cc(-c2c(Nc3cccc(N(C(=O)NCc4ccccc4)N(C(=O)Nc4ccc(F)cc4)c4cccc(Nc5nc6ccccn6c5-c5cc(N)nc(C)n5)c4)c3)nc3ccccn23)n1. The van der Waals surface area contributed by atoms with Crippen LogP contribution >= 0.6 is 0 Å². The maximum Gasteiger partial charge on any atom is 0.345 e. The number of fused-ring (bicyclic) bond motifs is 2. The number of aryl methyl sites for hydroxylation is 2. The van der Waals surface area contributed by atoms with Gasteiger partial charge >= 0.3 is 12.1 Å². The number of hydrazine groups is 1. The number of urea groups is 2. The zero-order valence-corrected chi connectivity index (χ0v) is 37.6. The number of carbonyl (C=O) groups excluding carboxylic acids is 2. The molecule has 0 saturated heterocycles. The van der Waals surface area contributed by atoms with E-state index in [1.54, 1.807) is 68.4 Å². The Labute approximate surface area is 399 Å². The monoisotopic (exact) mass is 930 g/mol. The summed E-state index contributed by atoms with van der Waals surface area (Å²) in [6, 6.07) is 41.8.